The lowest BCUT2D eigenvalue weighted by Crippen LogP contribution is -2.46. The first-order valence-corrected chi connectivity index (χ1v) is 17.9. The van der Waals surface area contributed by atoms with Crippen LogP contribution < -0.4 is 4.31 Å². The minimum atomic E-state index is -4.00. The van der Waals surface area contributed by atoms with Crippen molar-refractivity contribution in [2.75, 3.05) is 10.9 Å². The van der Waals surface area contributed by atoms with Gasteiger partial charge in [-0.1, -0.05) is 63.1 Å². The Kier molecular flexibility index (Phi) is 7.88. The van der Waals surface area contributed by atoms with Crippen molar-refractivity contribution in [1.29, 1.82) is 0 Å². The molecule has 206 valence electrons. The van der Waals surface area contributed by atoms with Crippen LogP contribution in [0.15, 0.2) is 64.8 Å². The number of para-hydroxylation sites is 1. The van der Waals surface area contributed by atoms with Gasteiger partial charge in [-0.05, 0) is 68.6 Å². The summed E-state index contributed by atoms with van der Waals surface area (Å²) in [6, 6.07) is 13.8. The van der Waals surface area contributed by atoms with Gasteiger partial charge in [0.25, 0.3) is 10.0 Å². The lowest BCUT2D eigenvalue weighted by atomic mass is 9.83. The zero-order chi connectivity index (χ0) is 27.9. The third kappa shape index (κ3) is 5.17. The average molecular weight is 556 g/mol. The summed E-state index contributed by atoms with van der Waals surface area (Å²) in [7, 11) is -6.33. The Labute approximate surface area is 229 Å². The van der Waals surface area contributed by atoms with Crippen LogP contribution in [0.1, 0.15) is 70.4 Å². The van der Waals surface area contributed by atoms with Crippen LogP contribution in [0, 0.1) is 6.92 Å². The highest BCUT2D eigenvalue weighted by Gasteiger charge is 2.51. The minimum Gasteiger partial charge on any atom is -0.546 e. The first-order valence-electron chi connectivity index (χ1n) is 13.6. The second kappa shape index (κ2) is 10.5. The number of benzene rings is 2. The number of ether oxygens (including phenoxy) is 1. The molecule has 2 aliphatic rings. The molecule has 2 aromatic rings. The van der Waals surface area contributed by atoms with Gasteiger partial charge in [-0.3, -0.25) is 4.31 Å². The molecule has 4 rings (SSSR count). The number of anilines is 1. The van der Waals surface area contributed by atoms with Gasteiger partial charge in [0.05, 0.1) is 34.6 Å². The number of aryl methyl sites for hydroxylation is 1. The van der Waals surface area contributed by atoms with Crippen molar-refractivity contribution in [3.8, 4) is 0 Å². The van der Waals surface area contributed by atoms with E-state index >= 15 is 0 Å². The second-order valence-electron chi connectivity index (χ2n) is 11.9. The van der Waals surface area contributed by atoms with Crippen molar-refractivity contribution < 1.29 is 22.4 Å². The molecule has 0 saturated carbocycles. The van der Waals surface area contributed by atoms with E-state index in [1.54, 1.807) is 31.2 Å². The fourth-order valence-corrected chi connectivity index (χ4v) is 8.00. The molecule has 1 aliphatic heterocycles. The van der Waals surface area contributed by atoms with E-state index < -0.39 is 30.4 Å². The Bertz CT molecular complexity index is 1330. The Hall–Kier alpha value is -2.58. The first-order chi connectivity index (χ1) is 17.8. The van der Waals surface area contributed by atoms with Gasteiger partial charge >= 0.3 is 5.97 Å². The van der Waals surface area contributed by atoms with Crippen molar-refractivity contribution in [2.24, 2.45) is 0 Å². The standard InChI is InChI=1S/C30H41NO5SSi/c1-8-35-29(32)27-26(36-38(6,7)30(3,4)5)16-12-10-14-24-23-13-9-11-15-25(23)31(28(24)27)37(33,34)22-19-17-21(2)18-20-22/h9,11,13,15,17-20,24,28H,8,10,12,14,16H2,1-7H3/b27-26-. The van der Waals surface area contributed by atoms with Gasteiger partial charge < -0.3 is 9.16 Å². The molecule has 8 heteroatoms. The number of esters is 1. The first kappa shape index (κ1) is 28.4. The van der Waals surface area contributed by atoms with Gasteiger partial charge in [0.1, 0.15) is 0 Å². The number of hydrogen-bond donors (Lipinski definition) is 0. The van der Waals surface area contributed by atoms with Gasteiger partial charge in [-0.15, -0.1) is 0 Å². The molecule has 0 radical (unpaired) electrons. The number of rotatable bonds is 6. The maximum atomic E-state index is 14.4. The molecule has 1 heterocycles. The Morgan fingerprint density at radius 1 is 1.05 bits per heavy atom. The van der Waals surface area contributed by atoms with E-state index in [4.69, 9.17) is 9.16 Å². The summed E-state index contributed by atoms with van der Waals surface area (Å²) in [5, 5.41) is -0.0894. The fourth-order valence-electron chi connectivity index (χ4n) is 5.18. The van der Waals surface area contributed by atoms with Gasteiger partial charge in [-0.2, -0.15) is 0 Å². The SMILES string of the molecule is CCOC(=O)/C1=C(\O[Si](C)(C)C(C)(C)C)CCCCC2c3ccccc3N(S(=O)(=O)c3ccc(C)cc3)C12. The van der Waals surface area contributed by atoms with Crippen LogP contribution in [-0.4, -0.2) is 35.4 Å². The molecule has 0 bridgehead atoms. The van der Waals surface area contributed by atoms with E-state index in [0.717, 1.165) is 30.4 Å². The highest BCUT2D eigenvalue weighted by Crippen LogP contribution is 2.51. The van der Waals surface area contributed by atoms with Crippen molar-refractivity contribution in [1.82, 2.24) is 0 Å². The molecular formula is C30H41NO5SSi. The summed E-state index contributed by atoms with van der Waals surface area (Å²) in [6.45, 7) is 14.7. The lowest BCUT2D eigenvalue weighted by molar-refractivity contribution is -0.139. The van der Waals surface area contributed by atoms with Crippen molar-refractivity contribution in [2.45, 2.75) is 95.3 Å². The largest absolute Gasteiger partial charge is 0.546 e. The summed E-state index contributed by atoms with van der Waals surface area (Å²) >= 11 is 0. The summed E-state index contributed by atoms with van der Waals surface area (Å²) in [4.78, 5) is 14.0. The summed E-state index contributed by atoms with van der Waals surface area (Å²) in [5.41, 5.74) is 2.90. The molecule has 0 N–H and O–H groups in total. The molecule has 0 amide bonds. The van der Waals surface area contributed by atoms with Crippen molar-refractivity contribution in [3.05, 3.63) is 71.0 Å². The quantitative estimate of drug-likeness (QED) is 0.282. The predicted octanol–water partition coefficient (Wildman–Crippen LogP) is 7.07. The van der Waals surface area contributed by atoms with Gasteiger partial charge in [0, 0.05) is 12.3 Å². The Balaban J connectivity index is 1.99. The van der Waals surface area contributed by atoms with Crippen LogP contribution in [0.2, 0.25) is 18.1 Å². The Morgan fingerprint density at radius 3 is 2.34 bits per heavy atom. The molecule has 2 atom stereocenters. The number of hydrogen-bond acceptors (Lipinski definition) is 5. The molecule has 1 aliphatic carbocycles. The number of sulfonamides is 1. The van der Waals surface area contributed by atoms with Crippen LogP contribution in [0.5, 0.6) is 0 Å². The number of carbonyl (C=O) groups excluding carboxylic acids is 1. The monoisotopic (exact) mass is 555 g/mol. The molecule has 0 fully saturated rings. The molecule has 0 spiro atoms. The van der Waals surface area contributed by atoms with Crippen LogP contribution in [0.3, 0.4) is 0 Å². The van der Waals surface area contributed by atoms with Crippen LogP contribution in [-0.2, 0) is 24.0 Å². The summed E-state index contributed by atoms with van der Waals surface area (Å²) in [5.74, 6) is -0.0687. The maximum Gasteiger partial charge on any atom is 0.339 e. The fraction of sp³-hybridized carbons (Fsp3) is 0.500. The maximum absolute atomic E-state index is 14.4. The Morgan fingerprint density at radius 2 is 1.71 bits per heavy atom. The van der Waals surface area contributed by atoms with E-state index in [-0.39, 0.29) is 22.5 Å². The zero-order valence-electron chi connectivity index (χ0n) is 23.7. The van der Waals surface area contributed by atoms with Crippen molar-refractivity contribution in [3.63, 3.8) is 0 Å². The third-order valence-electron chi connectivity index (χ3n) is 8.23. The minimum absolute atomic E-state index is 0.0894. The number of fused-ring (bicyclic) bond motifs is 3. The lowest BCUT2D eigenvalue weighted by Gasteiger charge is -2.40. The molecule has 0 aromatic heterocycles. The van der Waals surface area contributed by atoms with Crippen LogP contribution in [0.4, 0.5) is 5.69 Å². The van der Waals surface area contributed by atoms with Gasteiger partial charge in [-0.25, -0.2) is 13.2 Å². The van der Waals surface area contributed by atoms with E-state index in [1.807, 2.05) is 31.2 Å². The summed E-state index contributed by atoms with van der Waals surface area (Å²) < 4.78 is 42.7. The molecule has 38 heavy (non-hydrogen) atoms. The highest BCUT2D eigenvalue weighted by atomic mass is 32.2. The van der Waals surface area contributed by atoms with Gasteiger partial charge in [0.15, 0.2) is 0 Å². The molecule has 2 unspecified atom stereocenters. The second-order valence-corrected chi connectivity index (χ2v) is 18.4. The molecule has 6 nitrogen and oxygen atoms in total. The number of allylic oxidation sites excluding steroid dienone is 1. The topological polar surface area (TPSA) is 72.9 Å². The zero-order valence-corrected chi connectivity index (χ0v) is 25.5. The van der Waals surface area contributed by atoms with E-state index in [2.05, 4.69) is 33.9 Å². The summed E-state index contributed by atoms with van der Waals surface area (Å²) in [6.07, 6.45) is 3.13. The molecule has 0 saturated heterocycles. The predicted molar refractivity (Wildman–Crippen MR) is 154 cm³/mol. The third-order valence-corrected chi connectivity index (χ3v) is 14.4. The normalized spacial score (nSPS) is 22.2. The van der Waals surface area contributed by atoms with E-state index in [0.29, 0.717) is 23.4 Å². The smallest absolute Gasteiger partial charge is 0.339 e. The molecular weight excluding hydrogens is 514 g/mol. The number of carbonyl (C=O) groups is 1. The number of nitrogens with zero attached hydrogens (tertiary/aromatic N) is 1. The average Bonchev–Trinajstić information content (AvgIpc) is 3.14. The van der Waals surface area contributed by atoms with E-state index in [9.17, 15) is 13.2 Å². The highest BCUT2D eigenvalue weighted by molar-refractivity contribution is 7.93. The van der Waals surface area contributed by atoms with Crippen LogP contribution >= 0.6 is 0 Å². The van der Waals surface area contributed by atoms with Crippen LogP contribution in [0.25, 0.3) is 0 Å². The molecule has 2 aromatic carbocycles. The van der Waals surface area contributed by atoms with Gasteiger partial charge in [0.2, 0.25) is 8.32 Å². The van der Waals surface area contributed by atoms with E-state index in [1.165, 1.54) is 4.31 Å². The van der Waals surface area contributed by atoms with Crippen molar-refractivity contribution >= 4 is 30.0 Å².